The van der Waals surface area contributed by atoms with Crippen molar-refractivity contribution >= 4 is 23.5 Å². The molecule has 1 amide bonds. The first-order valence-corrected chi connectivity index (χ1v) is 8.38. The summed E-state index contributed by atoms with van der Waals surface area (Å²) >= 11 is 5.89. The molecule has 0 saturated heterocycles. The Hall–Kier alpha value is -1.59. The third kappa shape index (κ3) is 6.89. The molecule has 0 spiro atoms. The van der Waals surface area contributed by atoms with Crippen LogP contribution in [0, 0.1) is 5.92 Å². The van der Waals surface area contributed by atoms with Crippen LogP contribution in [-0.2, 0) is 9.59 Å². The average Bonchev–Trinajstić information content (AvgIpc) is 2.43. The number of carboxylic acid groups (broad SMARTS) is 1. The lowest BCUT2D eigenvalue weighted by molar-refractivity contribution is -0.143. The topological polar surface area (TPSA) is 86.6 Å². The van der Waals surface area contributed by atoms with Crippen LogP contribution in [0.25, 0.3) is 0 Å². The summed E-state index contributed by atoms with van der Waals surface area (Å²) < 4.78 is 0. The van der Waals surface area contributed by atoms with E-state index in [1.807, 2.05) is 13.8 Å². The van der Waals surface area contributed by atoms with Crippen molar-refractivity contribution in [2.45, 2.75) is 58.1 Å². The highest BCUT2D eigenvalue weighted by Gasteiger charge is 2.30. The number of halogens is 1. The molecule has 0 heterocycles. The summed E-state index contributed by atoms with van der Waals surface area (Å²) in [7, 11) is 0. The summed E-state index contributed by atoms with van der Waals surface area (Å²) in [4.78, 5) is 24.1. The molecule has 0 aliphatic carbocycles. The van der Waals surface area contributed by atoms with Crippen molar-refractivity contribution in [3.63, 3.8) is 0 Å². The highest BCUT2D eigenvalue weighted by atomic mass is 35.5. The number of hydrogen-bond donors (Lipinski definition) is 3. The lowest BCUT2D eigenvalue weighted by Crippen LogP contribution is -2.46. The van der Waals surface area contributed by atoms with E-state index in [0.29, 0.717) is 11.4 Å². The van der Waals surface area contributed by atoms with Crippen molar-refractivity contribution in [3.8, 4) is 0 Å². The van der Waals surface area contributed by atoms with E-state index < -0.39 is 23.5 Å². The summed E-state index contributed by atoms with van der Waals surface area (Å²) in [6, 6.07) is 5.84. The van der Waals surface area contributed by atoms with Crippen molar-refractivity contribution in [3.05, 3.63) is 34.9 Å². The highest BCUT2D eigenvalue weighted by molar-refractivity contribution is 6.30. The second-order valence-corrected chi connectivity index (χ2v) is 7.59. The van der Waals surface area contributed by atoms with E-state index in [1.165, 1.54) is 13.8 Å². The van der Waals surface area contributed by atoms with Gasteiger partial charge in [0, 0.05) is 11.4 Å². The van der Waals surface area contributed by atoms with Crippen molar-refractivity contribution in [1.82, 2.24) is 5.32 Å². The number of carbonyl (C=O) groups excluding carboxylic acids is 1. The molecule has 2 unspecified atom stereocenters. The largest absolute Gasteiger partial charge is 0.480 e. The minimum absolute atomic E-state index is 0.0664. The maximum atomic E-state index is 12.7. The molecule has 1 aromatic carbocycles. The molecule has 0 aliphatic rings. The Kier molecular flexibility index (Phi) is 7.24. The van der Waals surface area contributed by atoms with Gasteiger partial charge >= 0.3 is 5.97 Å². The van der Waals surface area contributed by atoms with E-state index in [-0.39, 0.29) is 18.2 Å². The van der Waals surface area contributed by atoms with Gasteiger partial charge in [-0.05, 0) is 43.9 Å². The number of aliphatic hydroxyl groups is 1. The number of aliphatic carboxylic acids is 1. The zero-order valence-electron chi connectivity index (χ0n) is 14.5. The lowest BCUT2D eigenvalue weighted by Gasteiger charge is -2.26. The Morgan fingerprint density at radius 1 is 1.21 bits per heavy atom. The van der Waals surface area contributed by atoms with Crippen LogP contribution < -0.4 is 5.32 Å². The molecule has 2 atom stereocenters. The smallest absolute Gasteiger partial charge is 0.326 e. The molecule has 0 aromatic heterocycles. The molecule has 1 rings (SSSR count). The van der Waals surface area contributed by atoms with Gasteiger partial charge in [-0.25, -0.2) is 4.79 Å². The molecule has 0 saturated carbocycles. The van der Waals surface area contributed by atoms with Gasteiger partial charge in [0.2, 0.25) is 5.91 Å². The molecule has 1 aromatic rings. The molecule has 0 aliphatic heterocycles. The van der Waals surface area contributed by atoms with Crippen LogP contribution in [0.15, 0.2) is 24.3 Å². The Morgan fingerprint density at radius 3 is 2.17 bits per heavy atom. The zero-order chi connectivity index (χ0) is 18.5. The molecule has 3 N–H and O–H groups in total. The fourth-order valence-electron chi connectivity index (χ4n) is 2.53. The van der Waals surface area contributed by atoms with Crippen molar-refractivity contribution in [1.29, 1.82) is 0 Å². The summed E-state index contributed by atoms with van der Waals surface area (Å²) in [6.07, 6.45) is 0.519. The van der Waals surface area contributed by atoms with Crippen LogP contribution in [-0.4, -0.2) is 33.7 Å². The number of hydrogen-bond acceptors (Lipinski definition) is 3. The lowest BCUT2D eigenvalue weighted by atomic mass is 9.89. The Bertz CT molecular complexity index is 563. The van der Waals surface area contributed by atoms with Gasteiger partial charge in [-0.1, -0.05) is 37.6 Å². The molecule has 0 radical (unpaired) electrons. The average molecular weight is 356 g/mol. The maximum Gasteiger partial charge on any atom is 0.326 e. The summed E-state index contributed by atoms with van der Waals surface area (Å²) in [6.45, 7) is 7.03. The number of carbonyl (C=O) groups is 2. The van der Waals surface area contributed by atoms with E-state index in [1.54, 1.807) is 24.3 Å². The molecule has 24 heavy (non-hydrogen) atoms. The van der Waals surface area contributed by atoms with Gasteiger partial charge in [0.1, 0.15) is 6.04 Å². The maximum absolute atomic E-state index is 12.7. The molecule has 5 nitrogen and oxygen atoms in total. The van der Waals surface area contributed by atoms with Gasteiger partial charge < -0.3 is 15.5 Å². The van der Waals surface area contributed by atoms with Crippen molar-refractivity contribution in [2.24, 2.45) is 5.92 Å². The minimum Gasteiger partial charge on any atom is -0.480 e. The van der Waals surface area contributed by atoms with Crippen LogP contribution in [0.1, 0.15) is 52.0 Å². The SMILES string of the molecule is CC(C)CC(C(=O)NC(CC(C)(C)O)C(=O)O)c1ccc(Cl)cc1. The fourth-order valence-corrected chi connectivity index (χ4v) is 2.66. The molecule has 0 bridgehead atoms. The highest BCUT2D eigenvalue weighted by Crippen LogP contribution is 2.26. The fraction of sp³-hybridized carbons (Fsp3) is 0.556. The molecule has 6 heteroatoms. The first-order valence-electron chi connectivity index (χ1n) is 8.00. The Morgan fingerprint density at radius 2 is 1.75 bits per heavy atom. The Labute approximate surface area is 148 Å². The van der Waals surface area contributed by atoms with Gasteiger partial charge in [-0.2, -0.15) is 0 Å². The molecular formula is C18H26ClNO4. The standard InChI is InChI=1S/C18H26ClNO4/c1-11(2)9-14(12-5-7-13(19)8-6-12)16(21)20-15(17(22)23)10-18(3,4)24/h5-8,11,14-15,24H,9-10H2,1-4H3,(H,20,21)(H,22,23). The van der Waals surface area contributed by atoms with E-state index in [9.17, 15) is 19.8 Å². The minimum atomic E-state index is -1.19. The van der Waals surface area contributed by atoms with Crippen LogP contribution in [0.2, 0.25) is 5.02 Å². The van der Waals surface area contributed by atoms with Gasteiger partial charge in [-0.3, -0.25) is 4.79 Å². The van der Waals surface area contributed by atoms with Gasteiger partial charge in [-0.15, -0.1) is 0 Å². The molecule has 0 fully saturated rings. The third-order valence-corrected chi connectivity index (χ3v) is 3.87. The van der Waals surface area contributed by atoms with Gasteiger partial charge in [0.15, 0.2) is 0 Å². The molecular weight excluding hydrogens is 330 g/mol. The summed E-state index contributed by atoms with van der Waals surface area (Å²) in [5, 5.41) is 22.3. The first-order chi connectivity index (χ1) is 11.0. The van der Waals surface area contributed by atoms with Gasteiger partial charge in [0.05, 0.1) is 11.5 Å². The predicted octanol–water partition coefficient (Wildman–Crippen LogP) is 3.20. The predicted molar refractivity (Wildman–Crippen MR) is 94.1 cm³/mol. The zero-order valence-corrected chi connectivity index (χ0v) is 15.3. The molecule has 134 valence electrons. The van der Waals surface area contributed by atoms with Crippen LogP contribution in [0.4, 0.5) is 0 Å². The number of carboxylic acids is 1. The summed E-state index contributed by atoms with van der Waals surface area (Å²) in [5.41, 5.74) is -0.401. The van der Waals surface area contributed by atoms with Crippen LogP contribution in [0.3, 0.4) is 0 Å². The van der Waals surface area contributed by atoms with E-state index in [4.69, 9.17) is 11.6 Å². The Balaban J connectivity index is 2.98. The van der Waals surface area contributed by atoms with Gasteiger partial charge in [0.25, 0.3) is 0 Å². The van der Waals surface area contributed by atoms with E-state index in [0.717, 1.165) is 5.56 Å². The third-order valence-electron chi connectivity index (χ3n) is 3.61. The van der Waals surface area contributed by atoms with Crippen LogP contribution in [0.5, 0.6) is 0 Å². The first kappa shape index (κ1) is 20.5. The van der Waals surface area contributed by atoms with Crippen molar-refractivity contribution < 1.29 is 19.8 Å². The second-order valence-electron chi connectivity index (χ2n) is 7.15. The summed E-state index contributed by atoms with van der Waals surface area (Å²) in [5.74, 6) is -1.73. The number of benzene rings is 1. The van der Waals surface area contributed by atoms with Crippen molar-refractivity contribution in [2.75, 3.05) is 0 Å². The monoisotopic (exact) mass is 355 g/mol. The van der Waals surface area contributed by atoms with E-state index in [2.05, 4.69) is 5.32 Å². The normalized spacial score (nSPS) is 14.3. The number of rotatable bonds is 8. The second kappa shape index (κ2) is 8.49. The van der Waals surface area contributed by atoms with Crippen LogP contribution >= 0.6 is 11.6 Å². The number of amides is 1. The van der Waals surface area contributed by atoms with E-state index >= 15 is 0 Å². The number of nitrogens with one attached hydrogen (secondary N) is 1. The quantitative estimate of drug-likeness (QED) is 0.668.